The van der Waals surface area contributed by atoms with Crippen LogP contribution in [0.1, 0.15) is 19.3 Å². The van der Waals surface area contributed by atoms with Crippen molar-refractivity contribution in [3.8, 4) is 12.3 Å². The molecule has 70 valence electrons. The molecule has 4 heteroatoms. The van der Waals surface area contributed by atoms with Crippen LogP contribution in [-0.4, -0.2) is 29.3 Å². The van der Waals surface area contributed by atoms with Crippen molar-refractivity contribution >= 4 is 11.8 Å². The minimum atomic E-state index is -0.387. The summed E-state index contributed by atoms with van der Waals surface area (Å²) in [5.74, 6) is 1.31. The first-order chi connectivity index (χ1) is 6.15. The van der Waals surface area contributed by atoms with Gasteiger partial charge in [-0.05, 0) is 18.8 Å². The Kier molecular flexibility index (Phi) is 2.91. The predicted octanol–water partition coefficient (Wildman–Crippen LogP) is -0.514. The fourth-order valence-electron chi connectivity index (χ4n) is 1.63. The Morgan fingerprint density at radius 1 is 1.62 bits per heavy atom. The molecule has 0 saturated carbocycles. The highest BCUT2D eigenvalue weighted by atomic mass is 16.2. The Morgan fingerprint density at radius 2 is 2.31 bits per heavy atom. The van der Waals surface area contributed by atoms with Crippen LogP contribution in [0.15, 0.2) is 0 Å². The third-order valence-corrected chi connectivity index (χ3v) is 2.20. The first-order valence-electron chi connectivity index (χ1n) is 4.20. The first-order valence-corrected chi connectivity index (χ1v) is 4.20. The average molecular weight is 180 g/mol. The summed E-state index contributed by atoms with van der Waals surface area (Å²) < 4.78 is 0. The van der Waals surface area contributed by atoms with Gasteiger partial charge in [-0.3, -0.25) is 9.59 Å². The molecule has 0 aromatic carbocycles. The maximum atomic E-state index is 11.1. The topological polar surface area (TPSA) is 63.4 Å². The van der Waals surface area contributed by atoms with Crippen molar-refractivity contribution in [3.63, 3.8) is 0 Å². The lowest BCUT2D eigenvalue weighted by Gasteiger charge is -2.20. The maximum absolute atomic E-state index is 11.1. The largest absolute Gasteiger partial charge is 0.370 e. The fraction of sp³-hybridized carbons (Fsp3) is 0.556. The van der Waals surface area contributed by atoms with Gasteiger partial charge < -0.3 is 10.6 Å². The Morgan fingerprint density at radius 3 is 2.85 bits per heavy atom. The Hall–Kier alpha value is -1.50. The average Bonchev–Trinajstić information content (AvgIpc) is 2.50. The summed E-state index contributed by atoms with van der Waals surface area (Å²) in [6.07, 6.45) is 6.91. The van der Waals surface area contributed by atoms with Crippen LogP contribution in [0, 0.1) is 12.3 Å². The lowest BCUT2D eigenvalue weighted by molar-refractivity contribution is -0.127. The van der Waals surface area contributed by atoms with E-state index >= 15 is 0 Å². The van der Waals surface area contributed by atoms with Gasteiger partial charge >= 0.3 is 0 Å². The molecule has 2 amide bonds. The number of likely N-dealkylation sites (tertiary alicyclic amines) is 1. The molecular formula is C9H12N2O2. The Balaban J connectivity index is 2.59. The molecule has 1 rings (SSSR count). The maximum Gasteiger partial charge on any atom is 0.298 e. The van der Waals surface area contributed by atoms with Crippen molar-refractivity contribution in [2.45, 2.75) is 25.3 Å². The summed E-state index contributed by atoms with van der Waals surface area (Å²) in [5.41, 5.74) is 5.05. The molecule has 1 unspecified atom stereocenters. The van der Waals surface area contributed by atoms with E-state index in [4.69, 9.17) is 12.2 Å². The number of primary amides is 1. The molecule has 1 aliphatic heterocycles. The van der Waals surface area contributed by atoms with E-state index in [9.17, 15) is 9.59 Å². The second kappa shape index (κ2) is 3.94. The first kappa shape index (κ1) is 9.59. The molecule has 1 aliphatic rings. The van der Waals surface area contributed by atoms with Crippen molar-refractivity contribution in [3.05, 3.63) is 0 Å². The second-order valence-electron chi connectivity index (χ2n) is 3.11. The van der Waals surface area contributed by atoms with Gasteiger partial charge in [0.05, 0.1) is 0 Å². The molecule has 0 radical (unpaired) electrons. The molecule has 1 atom stereocenters. The number of nitrogens with two attached hydrogens (primary N) is 1. The van der Waals surface area contributed by atoms with Gasteiger partial charge in [-0.15, -0.1) is 6.42 Å². The third-order valence-electron chi connectivity index (χ3n) is 2.20. The van der Waals surface area contributed by atoms with E-state index in [1.807, 2.05) is 5.92 Å². The molecule has 0 aliphatic carbocycles. The molecule has 1 heterocycles. The lowest BCUT2D eigenvalue weighted by Crippen LogP contribution is -2.37. The number of amides is 2. The van der Waals surface area contributed by atoms with Gasteiger partial charge in [-0.2, -0.15) is 0 Å². The summed E-state index contributed by atoms with van der Waals surface area (Å²) in [4.78, 5) is 23.3. The highest BCUT2D eigenvalue weighted by Crippen LogP contribution is 2.19. The smallest absolute Gasteiger partial charge is 0.298 e. The molecule has 0 aromatic heterocycles. The monoisotopic (exact) mass is 180 g/mol. The summed E-state index contributed by atoms with van der Waals surface area (Å²) in [7, 11) is 0. The van der Waals surface area contributed by atoms with Crippen LogP contribution in [0.2, 0.25) is 0 Å². The van der Waals surface area contributed by atoms with Crippen molar-refractivity contribution in [1.29, 1.82) is 0 Å². The van der Waals surface area contributed by atoms with Crippen LogP contribution in [0.4, 0.5) is 0 Å². The van der Waals surface area contributed by atoms with Crippen molar-refractivity contribution in [2.24, 2.45) is 5.73 Å². The molecule has 2 N–H and O–H groups in total. The van der Waals surface area contributed by atoms with Gasteiger partial charge in [-0.1, -0.05) is 0 Å². The van der Waals surface area contributed by atoms with E-state index in [0.29, 0.717) is 6.54 Å². The highest BCUT2D eigenvalue weighted by molar-refractivity contribution is 5.93. The molecular weight excluding hydrogens is 168 g/mol. The van der Waals surface area contributed by atoms with Crippen LogP contribution < -0.4 is 5.73 Å². The quantitative estimate of drug-likeness (QED) is 0.581. The zero-order valence-corrected chi connectivity index (χ0v) is 7.32. The Bertz CT molecular complexity index is 267. The Labute approximate surface area is 77.1 Å². The molecule has 4 nitrogen and oxygen atoms in total. The van der Waals surface area contributed by atoms with E-state index in [1.165, 1.54) is 0 Å². The van der Waals surface area contributed by atoms with Gasteiger partial charge in [0, 0.05) is 19.0 Å². The normalized spacial score (nSPS) is 21.2. The van der Waals surface area contributed by atoms with E-state index in [-0.39, 0.29) is 24.3 Å². The molecule has 0 bridgehead atoms. The van der Waals surface area contributed by atoms with Gasteiger partial charge in [0.25, 0.3) is 5.91 Å². The minimum Gasteiger partial charge on any atom is -0.370 e. The van der Waals surface area contributed by atoms with Gasteiger partial charge in [-0.25, -0.2) is 0 Å². The zero-order chi connectivity index (χ0) is 9.84. The van der Waals surface area contributed by atoms with E-state index in [1.54, 1.807) is 4.90 Å². The van der Waals surface area contributed by atoms with E-state index in [2.05, 4.69) is 0 Å². The van der Waals surface area contributed by atoms with Gasteiger partial charge in [0.15, 0.2) is 0 Å². The molecule has 1 fully saturated rings. The van der Waals surface area contributed by atoms with Gasteiger partial charge in [0.2, 0.25) is 5.91 Å². The predicted molar refractivity (Wildman–Crippen MR) is 47.4 cm³/mol. The van der Waals surface area contributed by atoms with Crippen LogP contribution in [0.25, 0.3) is 0 Å². The number of carbonyl (C=O) groups excluding carboxylic acids is 2. The van der Waals surface area contributed by atoms with Crippen molar-refractivity contribution in [1.82, 2.24) is 4.90 Å². The summed E-state index contributed by atoms with van der Waals surface area (Å²) in [6, 6.07) is -0.0824. The minimum absolute atomic E-state index is 0.0824. The zero-order valence-electron chi connectivity index (χ0n) is 7.32. The number of hydrogen-bond donors (Lipinski definition) is 1. The third kappa shape index (κ3) is 2.22. The standard InChI is InChI=1S/C9H12N2O2/c1-2-9(13)11-5-3-4-7(11)6-8(10)12/h1,7H,3-6H2,(H2,10,12). The fourth-order valence-corrected chi connectivity index (χ4v) is 1.63. The van der Waals surface area contributed by atoms with Gasteiger partial charge in [0.1, 0.15) is 0 Å². The summed E-state index contributed by atoms with van der Waals surface area (Å²) in [6.45, 7) is 0.640. The number of nitrogens with zero attached hydrogens (tertiary/aromatic N) is 1. The lowest BCUT2D eigenvalue weighted by atomic mass is 10.1. The van der Waals surface area contributed by atoms with Crippen LogP contribution in [0.5, 0.6) is 0 Å². The summed E-state index contributed by atoms with van der Waals surface area (Å²) >= 11 is 0. The number of carbonyl (C=O) groups is 2. The second-order valence-corrected chi connectivity index (χ2v) is 3.11. The van der Waals surface area contributed by atoms with E-state index < -0.39 is 0 Å². The van der Waals surface area contributed by atoms with Crippen LogP contribution in [0.3, 0.4) is 0 Å². The van der Waals surface area contributed by atoms with Crippen LogP contribution in [-0.2, 0) is 9.59 Å². The van der Waals surface area contributed by atoms with Crippen molar-refractivity contribution < 1.29 is 9.59 Å². The highest BCUT2D eigenvalue weighted by Gasteiger charge is 2.28. The number of terminal acetylenes is 1. The summed E-state index contributed by atoms with van der Waals surface area (Å²) in [5, 5.41) is 0. The molecule has 13 heavy (non-hydrogen) atoms. The van der Waals surface area contributed by atoms with Crippen molar-refractivity contribution in [2.75, 3.05) is 6.54 Å². The molecule has 0 aromatic rings. The molecule has 1 saturated heterocycles. The van der Waals surface area contributed by atoms with Crippen LogP contribution >= 0.6 is 0 Å². The SMILES string of the molecule is C#CC(=O)N1CCCC1CC(N)=O. The number of rotatable bonds is 2. The van der Waals surface area contributed by atoms with E-state index in [0.717, 1.165) is 12.8 Å². The number of hydrogen-bond acceptors (Lipinski definition) is 2. The molecule has 0 spiro atoms.